The van der Waals surface area contributed by atoms with E-state index < -0.39 is 47.4 Å². The Labute approximate surface area is 331 Å². The van der Waals surface area contributed by atoms with Crippen molar-refractivity contribution in [3.63, 3.8) is 0 Å². The molecule has 0 bridgehead atoms. The third-order valence-electron chi connectivity index (χ3n) is 10.2. The molecule has 4 atom stereocenters. The summed E-state index contributed by atoms with van der Waals surface area (Å²) in [6, 6.07) is 4.36. The number of hydroxylamine groups is 4. The summed E-state index contributed by atoms with van der Waals surface area (Å²) in [5, 5.41) is 37.2. The van der Waals surface area contributed by atoms with Crippen molar-refractivity contribution in [2.75, 3.05) is 19.7 Å². The SMILES string of the molecule is CCCCCCCCCCCCCC(=O)N(O)CCCC[C@H](NC(=O)[C@]1(C)COC(c2ccccc2O)=N1)C(=O)O[C@@H](C)CC(=O)N[C@H]1CCCCN(O)C1=O. The van der Waals surface area contributed by atoms with Crippen LogP contribution in [0.5, 0.6) is 5.75 Å². The van der Waals surface area contributed by atoms with Crippen molar-refractivity contribution in [3.05, 3.63) is 29.8 Å². The number of nitrogens with zero attached hydrogens (tertiary/aromatic N) is 3. The number of amides is 4. The van der Waals surface area contributed by atoms with E-state index in [4.69, 9.17) is 9.47 Å². The van der Waals surface area contributed by atoms with Gasteiger partial charge in [0.15, 0.2) is 5.54 Å². The molecule has 15 nitrogen and oxygen atoms in total. The van der Waals surface area contributed by atoms with Crippen LogP contribution in [-0.4, -0.2) is 105 Å². The van der Waals surface area contributed by atoms with Gasteiger partial charge in [-0.1, -0.05) is 83.3 Å². The van der Waals surface area contributed by atoms with Gasteiger partial charge >= 0.3 is 5.97 Å². The fourth-order valence-corrected chi connectivity index (χ4v) is 6.77. The highest BCUT2D eigenvalue weighted by molar-refractivity contribution is 6.02. The number of rotatable bonds is 25. The van der Waals surface area contributed by atoms with Gasteiger partial charge in [-0.25, -0.2) is 19.9 Å². The van der Waals surface area contributed by atoms with Crippen molar-refractivity contribution in [1.29, 1.82) is 0 Å². The third kappa shape index (κ3) is 15.7. The standard InChI is InChI=1S/C41H65N5O10/c1-4-5-6-7-8-9-10-11-12-13-14-25-36(49)45(53)26-19-18-23-33(43-40(52)41(3)29-55-37(44-41)31-21-15-16-24-34(31)47)39(51)56-30(2)28-35(48)42-32-22-17-20-27-46(54)38(32)50/h15-16,21,24,30,32-33,47,53-54H,4-14,17-20,22-23,25-29H2,1-3H3,(H,42,48)(H,43,52)/t30-,32-,33-,41-/m0/s1. The number of phenolic OH excluding ortho intramolecular Hbond substituents is 1. The lowest BCUT2D eigenvalue weighted by Gasteiger charge is -2.25. The average molecular weight is 788 g/mol. The first-order valence-electron chi connectivity index (χ1n) is 20.7. The molecule has 2 aliphatic heterocycles. The fourth-order valence-electron chi connectivity index (χ4n) is 6.77. The maximum absolute atomic E-state index is 13.6. The molecule has 3 rings (SSSR count). The van der Waals surface area contributed by atoms with Crippen LogP contribution >= 0.6 is 0 Å². The molecular formula is C41H65N5O10. The molecule has 56 heavy (non-hydrogen) atoms. The molecule has 0 aliphatic carbocycles. The van der Waals surface area contributed by atoms with Gasteiger partial charge in [-0.15, -0.1) is 0 Å². The van der Waals surface area contributed by atoms with Gasteiger partial charge in [-0.2, -0.15) is 0 Å². The van der Waals surface area contributed by atoms with Crippen molar-refractivity contribution in [2.24, 2.45) is 4.99 Å². The lowest BCUT2D eigenvalue weighted by molar-refractivity contribution is -0.167. The zero-order chi connectivity index (χ0) is 40.9. The number of ether oxygens (including phenoxy) is 2. The number of carbonyl (C=O) groups is 5. The van der Waals surface area contributed by atoms with E-state index in [0.717, 1.165) is 19.3 Å². The van der Waals surface area contributed by atoms with Gasteiger partial charge in [0, 0.05) is 19.5 Å². The Hall–Kier alpha value is -4.24. The normalized spacial score (nSPS) is 19.3. The Morgan fingerprint density at radius 3 is 2.34 bits per heavy atom. The Morgan fingerprint density at radius 1 is 1.00 bits per heavy atom. The van der Waals surface area contributed by atoms with Crippen molar-refractivity contribution in [1.82, 2.24) is 20.8 Å². The first-order chi connectivity index (χ1) is 26.8. The zero-order valence-corrected chi connectivity index (χ0v) is 33.6. The van der Waals surface area contributed by atoms with E-state index in [2.05, 4.69) is 22.5 Å². The van der Waals surface area contributed by atoms with Crippen LogP contribution in [0.4, 0.5) is 0 Å². The highest BCUT2D eigenvalue weighted by Gasteiger charge is 2.42. The number of para-hydroxylation sites is 1. The molecule has 15 heteroatoms. The minimum atomic E-state index is -1.43. The highest BCUT2D eigenvalue weighted by atomic mass is 16.5. The number of carbonyl (C=O) groups excluding carboxylic acids is 5. The zero-order valence-electron chi connectivity index (χ0n) is 33.6. The molecule has 5 N–H and O–H groups in total. The van der Waals surface area contributed by atoms with Gasteiger partial charge in [0.05, 0.1) is 12.0 Å². The summed E-state index contributed by atoms with van der Waals surface area (Å²) in [6.45, 7) is 5.36. The number of hydrogen-bond acceptors (Lipinski definition) is 11. The van der Waals surface area contributed by atoms with Crippen LogP contribution in [-0.2, 0) is 33.4 Å². The van der Waals surface area contributed by atoms with Crippen LogP contribution in [0.25, 0.3) is 0 Å². The van der Waals surface area contributed by atoms with E-state index in [1.165, 1.54) is 64.9 Å². The number of phenols is 1. The van der Waals surface area contributed by atoms with Gasteiger partial charge in [-0.05, 0) is 70.9 Å². The average Bonchev–Trinajstić information content (AvgIpc) is 3.50. The summed E-state index contributed by atoms with van der Waals surface area (Å²) < 4.78 is 11.3. The van der Waals surface area contributed by atoms with E-state index in [-0.39, 0.29) is 56.5 Å². The summed E-state index contributed by atoms with van der Waals surface area (Å²) in [6.07, 6.45) is 14.2. The van der Waals surface area contributed by atoms with Crippen LogP contribution in [0, 0.1) is 0 Å². The topological polar surface area (TPSA) is 207 Å². The van der Waals surface area contributed by atoms with E-state index in [9.17, 15) is 39.5 Å². The Balaban J connectivity index is 1.51. The number of hydrogen-bond donors (Lipinski definition) is 5. The molecule has 0 saturated carbocycles. The predicted octanol–water partition coefficient (Wildman–Crippen LogP) is 5.71. The smallest absolute Gasteiger partial charge is 0.328 e. The molecule has 2 heterocycles. The molecule has 0 unspecified atom stereocenters. The predicted molar refractivity (Wildman–Crippen MR) is 209 cm³/mol. The molecular weight excluding hydrogens is 722 g/mol. The van der Waals surface area contributed by atoms with Gasteiger partial charge in [0.25, 0.3) is 11.8 Å². The minimum absolute atomic E-state index is 0.0497. The number of unbranched alkanes of at least 4 members (excludes halogenated alkanes) is 11. The van der Waals surface area contributed by atoms with Gasteiger partial charge in [-0.3, -0.25) is 29.6 Å². The van der Waals surface area contributed by atoms with Crippen molar-refractivity contribution >= 4 is 35.5 Å². The second-order valence-electron chi connectivity index (χ2n) is 15.3. The Kier molecular flexibility index (Phi) is 20.1. The molecule has 4 amide bonds. The van der Waals surface area contributed by atoms with Crippen LogP contribution in [0.2, 0.25) is 0 Å². The first-order valence-corrected chi connectivity index (χ1v) is 20.7. The third-order valence-corrected chi connectivity index (χ3v) is 10.2. The van der Waals surface area contributed by atoms with Gasteiger partial charge in [0.1, 0.15) is 30.5 Å². The van der Waals surface area contributed by atoms with Crippen molar-refractivity contribution in [3.8, 4) is 5.75 Å². The van der Waals surface area contributed by atoms with Gasteiger partial charge in [0.2, 0.25) is 17.7 Å². The lowest BCUT2D eigenvalue weighted by Crippen LogP contribution is -2.52. The van der Waals surface area contributed by atoms with Crippen molar-refractivity contribution < 1.29 is 49.0 Å². The quantitative estimate of drug-likeness (QED) is 0.0353. The van der Waals surface area contributed by atoms with E-state index in [1.54, 1.807) is 18.2 Å². The second-order valence-corrected chi connectivity index (χ2v) is 15.3. The summed E-state index contributed by atoms with van der Waals surface area (Å²) in [4.78, 5) is 69.2. The fraction of sp³-hybridized carbons (Fsp3) is 0.707. The number of aromatic hydroxyl groups is 1. The summed E-state index contributed by atoms with van der Waals surface area (Å²) >= 11 is 0. The number of esters is 1. The Morgan fingerprint density at radius 2 is 1.66 bits per heavy atom. The summed E-state index contributed by atoms with van der Waals surface area (Å²) in [7, 11) is 0. The molecule has 1 aromatic carbocycles. The van der Waals surface area contributed by atoms with Crippen molar-refractivity contribution in [2.45, 2.75) is 166 Å². The molecule has 1 aromatic rings. The largest absolute Gasteiger partial charge is 0.507 e. The van der Waals surface area contributed by atoms with E-state index >= 15 is 0 Å². The summed E-state index contributed by atoms with van der Waals surface area (Å²) in [5.74, 6) is -2.91. The monoisotopic (exact) mass is 787 g/mol. The maximum Gasteiger partial charge on any atom is 0.328 e. The van der Waals surface area contributed by atoms with Crippen LogP contribution in [0.15, 0.2) is 29.3 Å². The van der Waals surface area contributed by atoms with E-state index in [0.29, 0.717) is 54.2 Å². The Bertz CT molecular complexity index is 1460. The lowest BCUT2D eigenvalue weighted by atomic mass is 10.0. The number of nitrogens with one attached hydrogen (secondary N) is 2. The molecule has 1 saturated heterocycles. The highest BCUT2D eigenvalue weighted by Crippen LogP contribution is 2.26. The van der Waals surface area contributed by atoms with Crippen LogP contribution in [0.1, 0.15) is 148 Å². The molecule has 0 aromatic heterocycles. The molecule has 314 valence electrons. The van der Waals surface area contributed by atoms with Crippen LogP contribution < -0.4 is 10.6 Å². The van der Waals surface area contributed by atoms with Crippen LogP contribution in [0.3, 0.4) is 0 Å². The molecule has 0 radical (unpaired) electrons. The van der Waals surface area contributed by atoms with E-state index in [1.807, 2.05) is 0 Å². The molecule has 0 spiro atoms. The second kappa shape index (κ2) is 24.4. The minimum Gasteiger partial charge on any atom is -0.507 e. The van der Waals surface area contributed by atoms with Gasteiger partial charge < -0.3 is 25.2 Å². The molecule has 1 fully saturated rings. The summed E-state index contributed by atoms with van der Waals surface area (Å²) in [5.41, 5.74) is -1.12. The molecule has 2 aliphatic rings. The number of benzene rings is 1. The first kappa shape index (κ1) is 46.1. The maximum atomic E-state index is 13.6. The number of aliphatic imine (C=N–C) groups is 1.